The second-order valence-electron chi connectivity index (χ2n) is 8.77. The van der Waals surface area contributed by atoms with Crippen LogP contribution in [-0.4, -0.2) is 81.4 Å². The summed E-state index contributed by atoms with van der Waals surface area (Å²) in [6.45, 7) is 8.15. The van der Waals surface area contributed by atoms with Crippen LogP contribution in [0.25, 0.3) is 0 Å². The molecule has 3 unspecified atom stereocenters. The van der Waals surface area contributed by atoms with E-state index in [0.29, 0.717) is 12.6 Å². The Morgan fingerprint density at radius 2 is 1.94 bits per heavy atom. The molecule has 0 radical (unpaired) electrons. The summed E-state index contributed by atoms with van der Waals surface area (Å²) in [6, 6.07) is 4.55. The number of carbonyl (C=O) groups excluding carboxylic acids is 1. The first kappa shape index (κ1) is 22.3. The van der Waals surface area contributed by atoms with Crippen LogP contribution in [0.5, 0.6) is 11.5 Å². The van der Waals surface area contributed by atoms with Gasteiger partial charge in [-0.15, -0.1) is 0 Å². The van der Waals surface area contributed by atoms with Gasteiger partial charge in [0.2, 0.25) is 0 Å². The van der Waals surface area contributed by atoms with Crippen molar-refractivity contribution in [3.05, 3.63) is 23.3 Å². The smallest absolute Gasteiger partial charge is 0.324 e. The van der Waals surface area contributed by atoms with Crippen molar-refractivity contribution < 1.29 is 19.0 Å². The Morgan fingerprint density at radius 1 is 1.16 bits per heavy atom. The van der Waals surface area contributed by atoms with E-state index in [1.807, 2.05) is 6.92 Å². The summed E-state index contributed by atoms with van der Waals surface area (Å²) in [5.74, 6) is 1.70. The SMILES string of the molecule is CCOC(=O)C1NNCC1CN1CCCC(N2CCc3cc(OC)c(OC)cc3C2)C1. The molecule has 2 N–H and O–H groups in total. The maximum absolute atomic E-state index is 12.3. The average molecular weight is 433 g/mol. The van der Waals surface area contributed by atoms with Crippen molar-refractivity contribution in [2.45, 2.75) is 44.8 Å². The topological polar surface area (TPSA) is 75.3 Å². The van der Waals surface area contributed by atoms with Gasteiger partial charge in [-0.2, -0.15) is 0 Å². The molecule has 2 fully saturated rings. The molecule has 31 heavy (non-hydrogen) atoms. The fourth-order valence-corrected chi connectivity index (χ4v) is 5.23. The number of likely N-dealkylation sites (tertiary alicyclic amines) is 1. The van der Waals surface area contributed by atoms with Crippen LogP contribution >= 0.6 is 0 Å². The third kappa shape index (κ3) is 4.98. The number of methoxy groups -OCH3 is 2. The van der Waals surface area contributed by atoms with Crippen LogP contribution in [0.15, 0.2) is 12.1 Å². The van der Waals surface area contributed by atoms with Gasteiger partial charge in [-0.25, -0.2) is 5.43 Å². The van der Waals surface area contributed by atoms with Gasteiger partial charge in [0.15, 0.2) is 11.5 Å². The van der Waals surface area contributed by atoms with Crippen molar-refractivity contribution in [2.24, 2.45) is 5.92 Å². The van der Waals surface area contributed by atoms with Gasteiger partial charge in [-0.1, -0.05) is 0 Å². The molecular formula is C23H36N4O4. The summed E-state index contributed by atoms with van der Waals surface area (Å²) in [5, 5.41) is 0. The second kappa shape index (κ2) is 10.2. The summed E-state index contributed by atoms with van der Waals surface area (Å²) >= 11 is 0. The van der Waals surface area contributed by atoms with E-state index >= 15 is 0 Å². The minimum Gasteiger partial charge on any atom is -0.493 e. The van der Waals surface area contributed by atoms with Crippen LogP contribution in [0.1, 0.15) is 30.9 Å². The normalized spacial score (nSPS) is 27.0. The number of esters is 1. The van der Waals surface area contributed by atoms with Gasteiger partial charge in [-0.3, -0.25) is 15.1 Å². The maximum atomic E-state index is 12.3. The van der Waals surface area contributed by atoms with E-state index in [2.05, 4.69) is 32.8 Å². The van der Waals surface area contributed by atoms with Gasteiger partial charge in [0, 0.05) is 44.7 Å². The van der Waals surface area contributed by atoms with Gasteiger partial charge in [0.25, 0.3) is 0 Å². The third-order valence-corrected chi connectivity index (χ3v) is 6.87. The lowest BCUT2D eigenvalue weighted by molar-refractivity contribution is -0.146. The Morgan fingerprint density at radius 3 is 2.68 bits per heavy atom. The van der Waals surface area contributed by atoms with Crippen molar-refractivity contribution in [2.75, 3.05) is 53.6 Å². The predicted octanol–water partition coefficient (Wildman–Crippen LogP) is 1.18. The first-order chi connectivity index (χ1) is 15.1. The molecule has 3 aliphatic rings. The Bertz CT molecular complexity index is 774. The van der Waals surface area contributed by atoms with Gasteiger partial charge in [0.05, 0.1) is 20.8 Å². The van der Waals surface area contributed by atoms with E-state index in [4.69, 9.17) is 14.2 Å². The molecule has 0 spiro atoms. The quantitative estimate of drug-likeness (QED) is 0.623. The van der Waals surface area contributed by atoms with Gasteiger partial charge in [0.1, 0.15) is 6.04 Å². The highest BCUT2D eigenvalue weighted by Crippen LogP contribution is 2.34. The molecule has 3 atom stereocenters. The van der Waals surface area contributed by atoms with Crippen molar-refractivity contribution in [1.82, 2.24) is 20.7 Å². The molecule has 172 valence electrons. The molecule has 2 saturated heterocycles. The molecule has 0 aliphatic carbocycles. The fourth-order valence-electron chi connectivity index (χ4n) is 5.23. The molecule has 0 amide bonds. The lowest BCUT2D eigenvalue weighted by Crippen LogP contribution is -2.51. The number of hydrazine groups is 1. The molecule has 0 saturated carbocycles. The third-order valence-electron chi connectivity index (χ3n) is 6.87. The maximum Gasteiger partial charge on any atom is 0.324 e. The van der Waals surface area contributed by atoms with Crippen LogP contribution in [-0.2, 0) is 22.5 Å². The molecule has 3 aliphatic heterocycles. The lowest BCUT2D eigenvalue weighted by atomic mass is 9.94. The van der Waals surface area contributed by atoms with Crippen LogP contribution in [0.4, 0.5) is 0 Å². The monoisotopic (exact) mass is 432 g/mol. The number of benzene rings is 1. The number of ether oxygens (including phenoxy) is 3. The van der Waals surface area contributed by atoms with E-state index in [1.54, 1.807) is 14.2 Å². The zero-order valence-electron chi connectivity index (χ0n) is 19.0. The highest BCUT2D eigenvalue weighted by atomic mass is 16.5. The van der Waals surface area contributed by atoms with Crippen LogP contribution in [0.3, 0.4) is 0 Å². The number of nitrogens with zero attached hydrogens (tertiary/aromatic N) is 2. The Kier molecular flexibility index (Phi) is 7.32. The van der Waals surface area contributed by atoms with E-state index in [0.717, 1.165) is 57.2 Å². The fraction of sp³-hybridized carbons (Fsp3) is 0.696. The second-order valence-corrected chi connectivity index (χ2v) is 8.77. The summed E-state index contributed by atoms with van der Waals surface area (Å²) in [5.41, 5.74) is 8.95. The highest BCUT2D eigenvalue weighted by molar-refractivity contribution is 5.76. The molecule has 0 aromatic heterocycles. The predicted molar refractivity (Wildman–Crippen MR) is 118 cm³/mol. The van der Waals surface area contributed by atoms with E-state index in [-0.39, 0.29) is 17.9 Å². The number of hydrogen-bond acceptors (Lipinski definition) is 8. The van der Waals surface area contributed by atoms with Crippen LogP contribution in [0.2, 0.25) is 0 Å². The van der Waals surface area contributed by atoms with Crippen LogP contribution in [0, 0.1) is 5.92 Å². The zero-order valence-corrected chi connectivity index (χ0v) is 19.0. The van der Waals surface area contributed by atoms with Gasteiger partial charge in [-0.05, 0) is 56.0 Å². The van der Waals surface area contributed by atoms with E-state index in [9.17, 15) is 4.79 Å². The first-order valence-electron chi connectivity index (χ1n) is 11.5. The van der Waals surface area contributed by atoms with Crippen molar-refractivity contribution in [1.29, 1.82) is 0 Å². The highest BCUT2D eigenvalue weighted by Gasteiger charge is 2.36. The number of hydrogen-bond donors (Lipinski definition) is 2. The largest absolute Gasteiger partial charge is 0.493 e. The van der Waals surface area contributed by atoms with Crippen molar-refractivity contribution >= 4 is 5.97 Å². The van der Waals surface area contributed by atoms with Crippen molar-refractivity contribution in [3.8, 4) is 11.5 Å². The average Bonchev–Trinajstić information content (AvgIpc) is 3.26. The lowest BCUT2D eigenvalue weighted by Gasteiger charge is -2.42. The molecule has 0 bridgehead atoms. The molecule has 4 rings (SSSR count). The molecular weight excluding hydrogens is 396 g/mol. The number of piperidine rings is 1. The Balaban J connectivity index is 1.37. The molecule has 8 nitrogen and oxygen atoms in total. The first-order valence-corrected chi connectivity index (χ1v) is 11.5. The van der Waals surface area contributed by atoms with Gasteiger partial charge < -0.3 is 19.1 Å². The summed E-state index contributed by atoms with van der Waals surface area (Å²) < 4.78 is 16.2. The molecule has 3 heterocycles. The molecule has 8 heteroatoms. The van der Waals surface area contributed by atoms with Crippen molar-refractivity contribution in [3.63, 3.8) is 0 Å². The number of rotatable bonds is 7. The molecule has 1 aromatic rings. The van der Waals surface area contributed by atoms with Gasteiger partial charge >= 0.3 is 5.97 Å². The molecule has 1 aromatic carbocycles. The zero-order chi connectivity index (χ0) is 21.8. The minimum absolute atomic E-state index is 0.150. The number of nitrogens with one attached hydrogen (secondary N) is 2. The number of fused-ring (bicyclic) bond motifs is 1. The number of carbonyl (C=O) groups is 1. The van der Waals surface area contributed by atoms with Crippen LogP contribution < -0.4 is 20.3 Å². The summed E-state index contributed by atoms with van der Waals surface area (Å²) in [4.78, 5) is 17.4. The summed E-state index contributed by atoms with van der Waals surface area (Å²) in [7, 11) is 3.39. The Labute approximate surface area is 185 Å². The standard InChI is InChI=1S/C23H36N4O4/c1-4-31-23(28)22-18(12-24-25-22)13-26-8-5-6-19(15-26)27-9-7-16-10-20(29-2)21(30-3)11-17(16)14-27/h10-11,18-19,22,24-25H,4-9,12-15H2,1-3H3. The van der Waals surface area contributed by atoms with E-state index in [1.165, 1.54) is 24.0 Å². The van der Waals surface area contributed by atoms with E-state index < -0.39 is 0 Å². The summed E-state index contributed by atoms with van der Waals surface area (Å²) in [6.07, 6.45) is 3.45. The minimum atomic E-state index is -0.260. The Hall–Kier alpha value is -1.87.